The van der Waals surface area contributed by atoms with Gasteiger partial charge in [0.2, 0.25) is 0 Å². The predicted molar refractivity (Wildman–Crippen MR) is 86.9 cm³/mol. The highest BCUT2D eigenvalue weighted by molar-refractivity contribution is 9.10. The quantitative estimate of drug-likeness (QED) is 0.755. The zero-order chi connectivity index (χ0) is 15.5. The summed E-state index contributed by atoms with van der Waals surface area (Å²) in [6.07, 6.45) is 4.37. The van der Waals surface area contributed by atoms with E-state index in [1.807, 2.05) is 0 Å². The Balaban J connectivity index is 2.25. The van der Waals surface area contributed by atoms with Crippen molar-refractivity contribution in [3.8, 4) is 0 Å². The third kappa shape index (κ3) is 3.37. The molecule has 0 N–H and O–H groups in total. The van der Waals surface area contributed by atoms with Crippen LogP contribution in [0, 0.1) is 5.82 Å². The largest absolute Gasteiger partial charge is 0.297 e. The second-order valence-electron chi connectivity index (χ2n) is 5.75. The van der Waals surface area contributed by atoms with Crippen molar-refractivity contribution in [2.24, 2.45) is 0 Å². The van der Waals surface area contributed by atoms with Gasteiger partial charge >= 0.3 is 0 Å². The Morgan fingerprint density at radius 1 is 1.29 bits per heavy atom. The van der Waals surface area contributed by atoms with Gasteiger partial charge in [0.05, 0.1) is 5.54 Å². The standard InChI is InChI=1S/C17H23BrFNO/c1-3-20(4-2)17(9-5-6-10-17)16(21)12-13-11-14(19)7-8-15(13)18/h7-8,11H,3-6,9-10,12H2,1-2H3. The molecule has 0 saturated heterocycles. The van der Waals surface area contributed by atoms with Crippen LogP contribution in [0.25, 0.3) is 0 Å². The molecule has 0 atom stereocenters. The number of hydrogen-bond donors (Lipinski definition) is 0. The lowest BCUT2D eigenvalue weighted by atomic mass is 9.86. The highest BCUT2D eigenvalue weighted by Gasteiger charge is 2.44. The normalized spacial score (nSPS) is 17.4. The van der Waals surface area contributed by atoms with Gasteiger partial charge in [-0.3, -0.25) is 9.69 Å². The maximum absolute atomic E-state index is 13.4. The van der Waals surface area contributed by atoms with E-state index >= 15 is 0 Å². The first-order valence-electron chi connectivity index (χ1n) is 7.75. The van der Waals surface area contributed by atoms with E-state index in [0.717, 1.165) is 48.8 Å². The molecule has 0 bridgehead atoms. The van der Waals surface area contributed by atoms with Crippen molar-refractivity contribution in [1.82, 2.24) is 4.90 Å². The highest BCUT2D eigenvalue weighted by atomic mass is 79.9. The average Bonchev–Trinajstić information content (AvgIpc) is 2.95. The first kappa shape index (κ1) is 16.6. The Morgan fingerprint density at radius 2 is 1.90 bits per heavy atom. The monoisotopic (exact) mass is 355 g/mol. The summed E-state index contributed by atoms with van der Waals surface area (Å²) in [6, 6.07) is 4.55. The lowest BCUT2D eigenvalue weighted by molar-refractivity contribution is -0.130. The number of rotatable bonds is 6. The van der Waals surface area contributed by atoms with Crippen molar-refractivity contribution in [3.63, 3.8) is 0 Å². The number of benzene rings is 1. The fourth-order valence-electron chi connectivity index (χ4n) is 3.58. The van der Waals surface area contributed by atoms with Crippen LogP contribution >= 0.6 is 15.9 Å². The summed E-state index contributed by atoms with van der Waals surface area (Å²) in [5, 5.41) is 0. The molecule has 0 unspecified atom stereocenters. The molecule has 21 heavy (non-hydrogen) atoms. The van der Waals surface area contributed by atoms with Gasteiger partial charge in [0.15, 0.2) is 5.78 Å². The number of hydrogen-bond acceptors (Lipinski definition) is 2. The summed E-state index contributed by atoms with van der Waals surface area (Å²) in [6.45, 7) is 5.98. The van der Waals surface area contributed by atoms with E-state index in [1.54, 1.807) is 6.07 Å². The summed E-state index contributed by atoms with van der Waals surface area (Å²) >= 11 is 3.42. The smallest absolute Gasteiger partial charge is 0.157 e. The molecule has 1 aliphatic rings. The lowest BCUT2D eigenvalue weighted by Crippen LogP contribution is -2.53. The van der Waals surface area contributed by atoms with Crippen molar-refractivity contribution >= 4 is 21.7 Å². The zero-order valence-electron chi connectivity index (χ0n) is 12.8. The topological polar surface area (TPSA) is 20.3 Å². The fraction of sp³-hybridized carbons (Fsp3) is 0.588. The minimum Gasteiger partial charge on any atom is -0.297 e. The number of halogens is 2. The number of nitrogens with zero attached hydrogens (tertiary/aromatic N) is 1. The summed E-state index contributed by atoms with van der Waals surface area (Å²) in [4.78, 5) is 15.3. The van der Waals surface area contributed by atoms with E-state index in [-0.39, 0.29) is 17.1 Å². The molecular formula is C17H23BrFNO. The van der Waals surface area contributed by atoms with Gasteiger partial charge in [-0.25, -0.2) is 4.39 Å². The molecule has 0 spiro atoms. The van der Waals surface area contributed by atoms with Crippen molar-refractivity contribution < 1.29 is 9.18 Å². The van der Waals surface area contributed by atoms with Crippen LogP contribution in [0.2, 0.25) is 0 Å². The van der Waals surface area contributed by atoms with E-state index in [1.165, 1.54) is 12.1 Å². The van der Waals surface area contributed by atoms with Crippen LogP contribution in [0.5, 0.6) is 0 Å². The van der Waals surface area contributed by atoms with E-state index in [9.17, 15) is 9.18 Å². The van der Waals surface area contributed by atoms with Gasteiger partial charge < -0.3 is 0 Å². The average molecular weight is 356 g/mol. The Hall–Kier alpha value is -0.740. The maximum Gasteiger partial charge on any atom is 0.157 e. The molecule has 0 radical (unpaired) electrons. The summed E-state index contributed by atoms with van der Waals surface area (Å²) in [7, 11) is 0. The van der Waals surface area contributed by atoms with Crippen molar-refractivity contribution in [3.05, 3.63) is 34.1 Å². The number of Topliss-reactive ketones (excluding diaryl/α,β-unsaturated/α-hetero) is 1. The van der Waals surface area contributed by atoms with Gasteiger partial charge in [0.1, 0.15) is 5.82 Å². The minimum absolute atomic E-state index is 0.231. The number of carbonyl (C=O) groups is 1. The molecule has 1 aliphatic carbocycles. The lowest BCUT2D eigenvalue weighted by Gasteiger charge is -2.39. The molecule has 1 fully saturated rings. The minimum atomic E-state index is -0.338. The maximum atomic E-state index is 13.4. The molecule has 0 aromatic heterocycles. The number of carbonyl (C=O) groups excluding carboxylic acids is 1. The molecule has 1 aromatic carbocycles. The van der Waals surface area contributed by atoms with Crippen LogP contribution in [-0.4, -0.2) is 29.3 Å². The highest BCUT2D eigenvalue weighted by Crippen LogP contribution is 2.37. The number of likely N-dealkylation sites (N-methyl/N-ethyl adjacent to an activating group) is 1. The zero-order valence-corrected chi connectivity index (χ0v) is 14.4. The molecule has 4 heteroatoms. The molecule has 0 heterocycles. The van der Waals surface area contributed by atoms with Gasteiger partial charge in [-0.05, 0) is 49.7 Å². The van der Waals surface area contributed by atoms with Crippen LogP contribution in [0.1, 0.15) is 45.1 Å². The summed E-state index contributed by atoms with van der Waals surface area (Å²) < 4.78 is 14.2. The third-order valence-corrected chi connectivity index (χ3v) is 5.45. The SMILES string of the molecule is CCN(CC)C1(C(=O)Cc2cc(F)ccc2Br)CCCC1. The van der Waals surface area contributed by atoms with Crippen LogP contribution in [0.15, 0.2) is 22.7 Å². The Kier molecular flexibility index (Phi) is 5.55. The van der Waals surface area contributed by atoms with Crippen LogP contribution in [-0.2, 0) is 11.2 Å². The van der Waals surface area contributed by atoms with Gasteiger partial charge in [-0.1, -0.05) is 42.6 Å². The third-order valence-electron chi connectivity index (χ3n) is 4.68. The van der Waals surface area contributed by atoms with E-state index < -0.39 is 0 Å². The molecule has 116 valence electrons. The second-order valence-corrected chi connectivity index (χ2v) is 6.60. The first-order valence-corrected chi connectivity index (χ1v) is 8.55. The van der Waals surface area contributed by atoms with Gasteiger partial charge in [0.25, 0.3) is 0 Å². The van der Waals surface area contributed by atoms with Gasteiger partial charge in [-0.2, -0.15) is 0 Å². The Bertz CT molecular complexity index is 508. The van der Waals surface area contributed by atoms with Gasteiger partial charge in [-0.15, -0.1) is 0 Å². The molecule has 2 nitrogen and oxygen atoms in total. The first-order chi connectivity index (χ1) is 10.0. The Labute approximate surface area is 134 Å². The Morgan fingerprint density at radius 3 is 2.48 bits per heavy atom. The summed E-state index contributed by atoms with van der Waals surface area (Å²) in [5.74, 6) is -0.0562. The van der Waals surface area contributed by atoms with Crippen LogP contribution in [0.4, 0.5) is 4.39 Å². The molecular weight excluding hydrogens is 333 g/mol. The second kappa shape index (κ2) is 7.01. The van der Waals surface area contributed by atoms with Crippen molar-refractivity contribution in [2.75, 3.05) is 13.1 Å². The fourth-order valence-corrected chi connectivity index (χ4v) is 3.96. The molecule has 0 amide bonds. The van der Waals surface area contributed by atoms with Crippen molar-refractivity contribution in [2.45, 2.75) is 51.5 Å². The molecule has 1 saturated carbocycles. The van der Waals surface area contributed by atoms with Crippen molar-refractivity contribution in [1.29, 1.82) is 0 Å². The van der Waals surface area contributed by atoms with E-state index in [2.05, 4.69) is 34.7 Å². The number of ketones is 1. The van der Waals surface area contributed by atoms with Crippen LogP contribution < -0.4 is 0 Å². The van der Waals surface area contributed by atoms with E-state index in [4.69, 9.17) is 0 Å². The molecule has 1 aromatic rings. The molecule has 0 aliphatic heterocycles. The predicted octanol–water partition coefficient (Wildman–Crippen LogP) is 4.35. The summed E-state index contributed by atoms with van der Waals surface area (Å²) in [5.41, 5.74) is 0.411. The van der Waals surface area contributed by atoms with Crippen LogP contribution in [0.3, 0.4) is 0 Å². The van der Waals surface area contributed by atoms with Gasteiger partial charge in [0, 0.05) is 10.9 Å². The van der Waals surface area contributed by atoms with E-state index in [0.29, 0.717) is 6.42 Å². The molecule has 2 rings (SSSR count).